The molecule has 0 aliphatic rings. The lowest BCUT2D eigenvalue weighted by Gasteiger charge is -2.03. The van der Waals surface area contributed by atoms with Crippen molar-refractivity contribution >= 4 is 24.0 Å². The Labute approximate surface area is 83.1 Å². The monoisotopic (exact) mass is 210 g/mol. The van der Waals surface area contributed by atoms with Gasteiger partial charge >= 0.3 is 0 Å². The minimum Gasteiger partial charge on any atom is -0.383 e. The Morgan fingerprint density at radius 3 is 3.00 bits per heavy atom. The van der Waals surface area contributed by atoms with Gasteiger partial charge in [-0.25, -0.2) is 4.98 Å². The smallest absolute Gasteiger partial charge is 0.0949 e. The van der Waals surface area contributed by atoms with Gasteiger partial charge < -0.3 is 9.30 Å². The first kappa shape index (κ1) is 11.8. The van der Waals surface area contributed by atoms with Crippen LogP contribution >= 0.6 is 24.0 Å². The Bertz CT molecular complexity index is 215. The van der Waals surface area contributed by atoms with Gasteiger partial charge in [0.1, 0.15) is 0 Å². The van der Waals surface area contributed by atoms with Gasteiger partial charge in [-0.1, -0.05) is 0 Å². The summed E-state index contributed by atoms with van der Waals surface area (Å²) in [6, 6.07) is 0. The number of nitrogens with zero attached hydrogens (tertiary/aromatic N) is 2. The fourth-order valence-electron chi connectivity index (χ4n) is 0.850. The number of alkyl halides is 1. The quantitative estimate of drug-likeness (QED) is 0.708. The van der Waals surface area contributed by atoms with Crippen molar-refractivity contribution in [3.63, 3.8) is 0 Å². The maximum Gasteiger partial charge on any atom is 0.0949 e. The third-order valence-corrected chi connectivity index (χ3v) is 1.75. The lowest BCUT2D eigenvalue weighted by molar-refractivity contribution is 0.186. The SMILES string of the molecule is COCCn1cncc1CCl.Cl. The summed E-state index contributed by atoms with van der Waals surface area (Å²) in [5.74, 6) is 0.504. The Morgan fingerprint density at radius 2 is 2.42 bits per heavy atom. The van der Waals surface area contributed by atoms with Crippen molar-refractivity contribution in [2.45, 2.75) is 12.4 Å². The van der Waals surface area contributed by atoms with E-state index in [2.05, 4.69) is 4.98 Å². The highest BCUT2D eigenvalue weighted by Gasteiger charge is 1.98. The van der Waals surface area contributed by atoms with E-state index < -0.39 is 0 Å². The molecule has 0 spiro atoms. The van der Waals surface area contributed by atoms with Gasteiger partial charge in [-0.15, -0.1) is 24.0 Å². The van der Waals surface area contributed by atoms with Crippen LogP contribution < -0.4 is 0 Å². The predicted molar refractivity (Wildman–Crippen MR) is 50.9 cm³/mol. The van der Waals surface area contributed by atoms with E-state index in [0.29, 0.717) is 12.5 Å². The van der Waals surface area contributed by atoms with Gasteiger partial charge in [-0.3, -0.25) is 0 Å². The molecule has 0 aliphatic heterocycles. The molecule has 0 aromatic carbocycles. The molecule has 0 saturated heterocycles. The molecule has 1 aromatic heterocycles. The molecule has 70 valence electrons. The summed E-state index contributed by atoms with van der Waals surface area (Å²) in [5, 5.41) is 0. The van der Waals surface area contributed by atoms with Crippen molar-refractivity contribution in [2.75, 3.05) is 13.7 Å². The minimum absolute atomic E-state index is 0. The summed E-state index contributed by atoms with van der Waals surface area (Å²) < 4.78 is 6.91. The lowest BCUT2D eigenvalue weighted by Crippen LogP contribution is -2.05. The summed E-state index contributed by atoms with van der Waals surface area (Å²) in [4.78, 5) is 3.97. The maximum atomic E-state index is 5.65. The highest BCUT2D eigenvalue weighted by atomic mass is 35.5. The topological polar surface area (TPSA) is 27.1 Å². The van der Waals surface area contributed by atoms with Crippen LogP contribution in [0.1, 0.15) is 5.69 Å². The van der Waals surface area contributed by atoms with Gasteiger partial charge in [-0.2, -0.15) is 0 Å². The van der Waals surface area contributed by atoms with Crippen LogP contribution in [0, 0.1) is 0 Å². The van der Waals surface area contributed by atoms with E-state index in [1.165, 1.54) is 0 Å². The average Bonchev–Trinajstić information content (AvgIpc) is 2.47. The van der Waals surface area contributed by atoms with Crippen LogP contribution in [0.2, 0.25) is 0 Å². The molecular formula is C7H12Cl2N2O. The van der Waals surface area contributed by atoms with Crippen molar-refractivity contribution in [1.82, 2.24) is 9.55 Å². The van der Waals surface area contributed by atoms with Crippen LogP contribution in [0.3, 0.4) is 0 Å². The average molecular weight is 211 g/mol. The number of methoxy groups -OCH3 is 1. The van der Waals surface area contributed by atoms with Crippen LogP contribution in [-0.2, 0) is 17.2 Å². The molecule has 0 amide bonds. The second-order valence-electron chi connectivity index (χ2n) is 2.20. The molecule has 0 bridgehead atoms. The van der Waals surface area contributed by atoms with E-state index in [4.69, 9.17) is 16.3 Å². The molecule has 5 heteroatoms. The number of hydrogen-bond donors (Lipinski definition) is 0. The number of rotatable bonds is 4. The zero-order valence-corrected chi connectivity index (χ0v) is 8.44. The van der Waals surface area contributed by atoms with Gasteiger partial charge in [0.2, 0.25) is 0 Å². The van der Waals surface area contributed by atoms with Gasteiger partial charge in [0.05, 0.1) is 24.5 Å². The first-order chi connectivity index (χ1) is 5.38. The molecule has 1 rings (SSSR count). The molecule has 0 aliphatic carbocycles. The Morgan fingerprint density at radius 1 is 1.67 bits per heavy atom. The van der Waals surface area contributed by atoms with Crippen LogP contribution in [0.5, 0.6) is 0 Å². The fourth-order valence-corrected chi connectivity index (χ4v) is 1.07. The van der Waals surface area contributed by atoms with E-state index in [9.17, 15) is 0 Å². The van der Waals surface area contributed by atoms with E-state index in [-0.39, 0.29) is 12.4 Å². The summed E-state index contributed by atoms with van der Waals surface area (Å²) in [5.41, 5.74) is 1.03. The third kappa shape index (κ3) is 3.01. The standard InChI is InChI=1S/C7H11ClN2O.ClH/c1-11-3-2-10-6-9-5-7(10)4-8;/h5-6H,2-4H2,1H3;1H. The van der Waals surface area contributed by atoms with Gasteiger partial charge in [-0.05, 0) is 0 Å². The first-order valence-corrected chi connectivity index (χ1v) is 3.96. The van der Waals surface area contributed by atoms with Crippen molar-refractivity contribution < 1.29 is 4.74 Å². The van der Waals surface area contributed by atoms with E-state index >= 15 is 0 Å². The van der Waals surface area contributed by atoms with Crippen molar-refractivity contribution in [1.29, 1.82) is 0 Å². The Balaban J connectivity index is 0.00000121. The van der Waals surface area contributed by atoms with E-state index in [1.807, 2.05) is 4.57 Å². The highest BCUT2D eigenvalue weighted by Crippen LogP contribution is 2.02. The molecule has 1 aromatic rings. The second-order valence-corrected chi connectivity index (χ2v) is 2.47. The normalized spacial score (nSPS) is 9.50. The minimum atomic E-state index is 0. The molecule has 0 fully saturated rings. The number of imidazole rings is 1. The van der Waals surface area contributed by atoms with Crippen LogP contribution in [0.4, 0.5) is 0 Å². The molecule has 0 radical (unpaired) electrons. The van der Waals surface area contributed by atoms with Gasteiger partial charge in [0, 0.05) is 19.9 Å². The molecule has 3 nitrogen and oxygen atoms in total. The molecule has 12 heavy (non-hydrogen) atoms. The van der Waals surface area contributed by atoms with Crippen molar-refractivity contribution in [3.8, 4) is 0 Å². The number of aromatic nitrogens is 2. The van der Waals surface area contributed by atoms with Gasteiger partial charge in [0.25, 0.3) is 0 Å². The largest absolute Gasteiger partial charge is 0.383 e. The Hall–Kier alpha value is -0.250. The second kappa shape index (κ2) is 6.29. The molecule has 1 heterocycles. The summed E-state index contributed by atoms with van der Waals surface area (Å²) in [7, 11) is 1.68. The zero-order valence-electron chi connectivity index (χ0n) is 6.86. The zero-order chi connectivity index (χ0) is 8.10. The number of hydrogen-bond acceptors (Lipinski definition) is 2. The van der Waals surface area contributed by atoms with Crippen molar-refractivity contribution in [3.05, 3.63) is 18.2 Å². The van der Waals surface area contributed by atoms with E-state index in [0.717, 1.165) is 12.2 Å². The highest BCUT2D eigenvalue weighted by molar-refractivity contribution is 6.16. The molecular weight excluding hydrogens is 199 g/mol. The number of ether oxygens (including phenoxy) is 1. The summed E-state index contributed by atoms with van der Waals surface area (Å²) >= 11 is 5.65. The molecule has 0 N–H and O–H groups in total. The third-order valence-electron chi connectivity index (χ3n) is 1.47. The summed E-state index contributed by atoms with van der Waals surface area (Å²) in [6.45, 7) is 1.51. The first-order valence-electron chi connectivity index (χ1n) is 3.42. The van der Waals surface area contributed by atoms with Gasteiger partial charge in [0.15, 0.2) is 0 Å². The van der Waals surface area contributed by atoms with Crippen molar-refractivity contribution in [2.24, 2.45) is 0 Å². The molecule has 0 unspecified atom stereocenters. The lowest BCUT2D eigenvalue weighted by atomic mass is 10.5. The van der Waals surface area contributed by atoms with Crippen LogP contribution in [0.15, 0.2) is 12.5 Å². The fraction of sp³-hybridized carbons (Fsp3) is 0.571. The Kier molecular flexibility index (Phi) is 6.16. The maximum absolute atomic E-state index is 5.65. The molecule has 0 saturated carbocycles. The predicted octanol–water partition coefficient (Wildman–Crippen LogP) is 1.69. The van der Waals surface area contributed by atoms with Crippen LogP contribution in [-0.4, -0.2) is 23.3 Å². The number of halogens is 2. The summed E-state index contributed by atoms with van der Waals surface area (Å²) in [6.07, 6.45) is 3.53. The van der Waals surface area contributed by atoms with Crippen LogP contribution in [0.25, 0.3) is 0 Å². The molecule has 0 atom stereocenters. The van der Waals surface area contributed by atoms with E-state index in [1.54, 1.807) is 19.6 Å².